The first kappa shape index (κ1) is 23.6. The Morgan fingerprint density at radius 3 is 2.86 bits per heavy atom. The van der Waals surface area contributed by atoms with Crippen LogP contribution in [0.1, 0.15) is 18.2 Å². The van der Waals surface area contributed by atoms with Crippen molar-refractivity contribution in [1.29, 1.82) is 0 Å². The molecule has 2 aromatic heterocycles. The topological polar surface area (TPSA) is 77.9 Å². The highest BCUT2D eigenvalue weighted by Gasteiger charge is 2.18. The molecule has 2 N–H and O–H groups in total. The van der Waals surface area contributed by atoms with Gasteiger partial charge in [0.25, 0.3) is 0 Å². The molecular weight excluding hydrogens is 501 g/mol. The maximum Gasteiger partial charge on any atom is 0.191 e. The van der Waals surface area contributed by atoms with Crippen molar-refractivity contribution in [2.75, 3.05) is 50.6 Å². The zero-order chi connectivity index (χ0) is 19.9. The summed E-state index contributed by atoms with van der Waals surface area (Å²) in [5.41, 5.74) is 2.17. The van der Waals surface area contributed by atoms with Gasteiger partial charge in [0.05, 0.1) is 24.9 Å². The van der Waals surface area contributed by atoms with Gasteiger partial charge in [-0.2, -0.15) is 0 Å². The molecular formula is C19H30IN7OS. The van der Waals surface area contributed by atoms with Gasteiger partial charge in [0, 0.05) is 52.4 Å². The molecule has 1 aliphatic heterocycles. The number of morpholine rings is 1. The van der Waals surface area contributed by atoms with Crippen molar-refractivity contribution < 1.29 is 4.74 Å². The largest absolute Gasteiger partial charge is 0.375 e. The number of thiazole rings is 1. The van der Waals surface area contributed by atoms with Gasteiger partial charge in [-0.05, 0) is 24.6 Å². The van der Waals surface area contributed by atoms with E-state index < -0.39 is 0 Å². The summed E-state index contributed by atoms with van der Waals surface area (Å²) in [6, 6.07) is 4.15. The molecule has 1 atom stereocenters. The molecule has 0 saturated carbocycles. The van der Waals surface area contributed by atoms with Gasteiger partial charge < -0.3 is 25.2 Å². The smallest absolute Gasteiger partial charge is 0.191 e. The van der Waals surface area contributed by atoms with Gasteiger partial charge in [0.2, 0.25) is 0 Å². The molecule has 1 unspecified atom stereocenters. The summed E-state index contributed by atoms with van der Waals surface area (Å²) in [6.07, 6.45) is 2.10. The standard InChI is InChI=1S/C19H29N7OS.HI/c1-14-12-26(7-8-27-14)17-9-15(5-6-21-17)10-22-18(20-2)23-11-16-13-28-19(24-16)25(3)4;/h5-6,9,13-14H,7-8,10-12H2,1-4H3,(H2,20,22,23);1H. The summed E-state index contributed by atoms with van der Waals surface area (Å²) in [4.78, 5) is 17.7. The molecule has 0 radical (unpaired) electrons. The number of hydrogen-bond acceptors (Lipinski definition) is 7. The van der Waals surface area contributed by atoms with Gasteiger partial charge in [-0.25, -0.2) is 9.97 Å². The van der Waals surface area contributed by atoms with Crippen molar-refractivity contribution >= 4 is 52.2 Å². The van der Waals surface area contributed by atoms with E-state index in [1.807, 2.05) is 31.3 Å². The van der Waals surface area contributed by atoms with Gasteiger partial charge in [-0.1, -0.05) is 0 Å². The predicted molar refractivity (Wildman–Crippen MR) is 131 cm³/mol. The molecule has 1 saturated heterocycles. The molecule has 0 spiro atoms. The normalized spacial score (nSPS) is 16.9. The Balaban J connectivity index is 0.00000300. The van der Waals surface area contributed by atoms with Gasteiger partial charge in [-0.15, -0.1) is 35.3 Å². The van der Waals surface area contributed by atoms with E-state index in [-0.39, 0.29) is 30.1 Å². The first-order chi connectivity index (χ1) is 13.5. The lowest BCUT2D eigenvalue weighted by atomic mass is 10.2. The number of halogens is 1. The van der Waals surface area contributed by atoms with Gasteiger partial charge in [0.1, 0.15) is 5.82 Å². The van der Waals surface area contributed by atoms with E-state index in [1.54, 1.807) is 18.4 Å². The lowest BCUT2D eigenvalue weighted by Gasteiger charge is -2.32. The second-order valence-corrected chi connectivity index (χ2v) is 7.78. The molecule has 3 rings (SSSR count). The number of aromatic nitrogens is 2. The van der Waals surface area contributed by atoms with Crippen molar-refractivity contribution in [3.05, 3.63) is 35.0 Å². The lowest BCUT2D eigenvalue weighted by molar-refractivity contribution is 0.0529. The monoisotopic (exact) mass is 531 g/mol. The first-order valence-corrected chi connectivity index (χ1v) is 10.3. The Bertz CT molecular complexity index is 798. The molecule has 0 amide bonds. The summed E-state index contributed by atoms with van der Waals surface area (Å²) in [6.45, 7) is 5.90. The summed E-state index contributed by atoms with van der Waals surface area (Å²) >= 11 is 1.64. The Kier molecular flexibility index (Phi) is 9.37. The quantitative estimate of drug-likeness (QED) is 0.337. The molecule has 29 heavy (non-hydrogen) atoms. The first-order valence-electron chi connectivity index (χ1n) is 9.43. The van der Waals surface area contributed by atoms with E-state index in [0.717, 1.165) is 47.9 Å². The zero-order valence-electron chi connectivity index (χ0n) is 17.4. The van der Waals surface area contributed by atoms with E-state index in [0.29, 0.717) is 13.1 Å². The van der Waals surface area contributed by atoms with Crippen LogP contribution in [0.25, 0.3) is 0 Å². The maximum atomic E-state index is 5.62. The molecule has 10 heteroatoms. The summed E-state index contributed by atoms with van der Waals surface area (Å²) in [5, 5.41) is 9.74. The Hall–Kier alpha value is -1.66. The van der Waals surface area contributed by atoms with Crippen LogP contribution in [-0.2, 0) is 17.8 Å². The summed E-state index contributed by atoms with van der Waals surface area (Å²) < 4.78 is 5.62. The highest BCUT2D eigenvalue weighted by atomic mass is 127. The van der Waals surface area contributed by atoms with Crippen molar-refractivity contribution in [1.82, 2.24) is 20.6 Å². The van der Waals surface area contributed by atoms with E-state index in [4.69, 9.17) is 4.74 Å². The zero-order valence-corrected chi connectivity index (χ0v) is 20.5. The van der Waals surface area contributed by atoms with E-state index in [9.17, 15) is 0 Å². The molecule has 1 fully saturated rings. The van der Waals surface area contributed by atoms with E-state index >= 15 is 0 Å². The SMILES string of the molecule is CN=C(NCc1ccnc(N2CCOC(C)C2)c1)NCc1csc(N(C)C)n1.I. The molecule has 3 heterocycles. The van der Waals surface area contributed by atoms with Crippen LogP contribution in [0, 0.1) is 0 Å². The second-order valence-electron chi connectivity index (χ2n) is 6.94. The lowest BCUT2D eigenvalue weighted by Crippen LogP contribution is -2.41. The average molecular weight is 531 g/mol. The number of guanidine groups is 1. The second kappa shape index (κ2) is 11.5. The molecule has 160 valence electrons. The molecule has 0 aromatic carbocycles. The molecule has 0 aliphatic carbocycles. The van der Waals surface area contributed by atoms with Crippen LogP contribution in [0.4, 0.5) is 10.9 Å². The highest BCUT2D eigenvalue weighted by molar-refractivity contribution is 14.0. The van der Waals surface area contributed by atoms with Crippen LogP contribution in [0.15, 0.2) is 28.7 Å². The van der Waals surface area contributed by atoms with E-state index in [2.05, 4.69) is 48.9 Å². The molecule has 8 nitrogen and oxygen atoms in total. The van der Waals surface area contributed by atoms with Gasteiger partial charge >= 0.3 is 0 Å². The third-order valence-electron chi connectivity index (χ3n) is 4.42. The minimum atomic E-state index is 0. The Morgan fingerprint density at radius 1 is 1.38 bits per heavy atom. The fraction of sp³-hybridized carbons (Fsp3) is 0.526. The van der Waals surface area contributed by atoms with Crippen LogP contribution < -0.4 is 20.4 Å². The molecule has 0 bridgehead atoms. The van der Waals surface area contributed by atoms with Crippen LogP contribution in [0.5, 0.6) is 0 Å². The Morgan fingerprint density at radius 2 is 2.17 bits per heavy atom. The van der Waals surface area contributed by atoms with Crippen LogP contribution in [0.3, 0.4) is 0 Å². The predicted octanol–water partition coefficient (Wildman–Crippen LogP) is 2.31. The van der Waals surface area contributed by atoms with Gasteiger partial charge in [-0.3, -0.25) is 4.99 Å². The van der Waals surface area contributed by atoms with Crippen molar-refractivity contribution in [3.8, 4) is 0 Å². The summed E-state index contributed by atoms with van der Waals surface area (Å²) in [5.74, 6) is 1.74. The van der Waals surface area contributed by atoms with E-state index in [1.165, 1.54) is 0 Å². The Labute approximate surface area is 193 Å². The van der Waals surface area contributed by atoms with Gasteiger partial charge in [0.15, 0.2) is 11.1 Å². The number of nitrogens with zero attached hydrogens (tertiary/aromatic N) is 5. The number of nitrogens with one attached hydrogen (secondary N) is 2. The molecule has 2 aromatic rings. The third kappa shape index (κ3) is 6.96. The minimum Gasteiger partial charge on any atom is -0.375 e. The maximum absolute atomic E-state index is 5.62. The molecule has 1 aliphatic rings. The third-order valence-corrected chi connectivity index (χ3v) is 5.47. The van der Waals surface area contributed by atoms with Crippen LogP contribution in [-0.4, -0.2) is 62.9 Å². The number of ether oxygens (including phenoxy) is 1. The summed E-state index contributed by atoms with van der Waals surface area (Å²) in [7, 11) is 5.77. The van der Waals surface area contributed by atoms with Crippen molar-refractivity contribution in [2.24, 2.45) is 4.99 Å². The fourth-order valence-corrected chi connectivity index (χ4v) is 3.69. The number of rotatable bonds is 6. The number of aliphatic imine (C=N–C) groups is 1. The van der Waals surface area contributed by atoms with Crippen molar-refractivity contribution in [3.63, 3.8) is 0 Å². The highest BCUT2D eigenvalue weighted by Crippen LogP contribution is 2.18. The minimum absolute atomic E-state index is 0. The number of pyridine rings is 1. The van der Waals surface area contributed by atoms with Crippen LogP contribution >= 0.6 is 35.3 Å². The number of anilines is 2. The number of hydrogen-bond donors (Lipinski definition) is 2. The van der Waals surface area contributed by atoms with Crippen molar-refractivity contribution in [2.45, 2.75) is 26.1 Å². The average Bonchev–Trinajstić information content (AvgIpc) is 3.18. The fourth-order valence-electron chi connectivity index (χ4n) is 2.93. The van der Waals surface area contributed by atoms with Crippen LogP contribution in [0.2, 0.25) is 0 Å².